The maximum atomic E-state index is 13.4. The van der Waals surface area contributed by atoms with Gasteiger partial charge >= 0.3 is 0 Å². The normalized spacial score (nSPS) is 14.5. The van der Waals surface area contributed by atoms with Gasteiger partial charge in [-0.1, -0.05) is 46.4 Å². The predicted octanol–water partition coefficient (Wildman–Crippen LogP) is 3.87. The summed E-state index contributed by atoms with van der Waals surface area (Å²) < 4.78 is 8.04. The maximum absolute atomic E-state index is 13.4. The average Bonchev–Trinajstić information content (AvgIpc) is 3.43. The van der Waals surface area contributed by atoms with E-state index in [0.29, 0.717) is 16.7 Å². The Morgan fingerprint density at radius 2 is 1.97 bits per heavy atom. The summed E-state index contributed by atoms with van der Waals surface area (Å²) in [6, 6.07) is 13.3. The molecule has 0 radical (unpaired) electrons. The number of hydrogen-bond acceptors (Lipinski definition) is 7. The standard InChI is InChI=1S/C22H23ClN6O2S.ClH/c23-16-5-3-8-19-21(16)24-22(32-19)28(10-4-9-27-11-13-31-14-12-27)20(30)15-29-18-7-2-1-6-17(18)25-26-29;/h1-3,5-8H,4,9-15H2;1H. The van der Waals surface area contributed by atoms with Crippen molar-refractivity contribution in [2.75, 3.05) is 44.3 Å². The number of nitrogens with zero attached hydrogens (tertiary/aromatic N) is 6. The highest BCUT2D eigenvalue weighted by Gasteiger charge is 2.22. The molecule has 1 fully saturated rings. The van der Waals surface area contributed by atoms with Crippen LogP contribution in [-0.2, 0) is 16.1 Å². The van der Waals surface area contributed by atoms with Crippen molar-refractivity contribution < 1.29 is 9.53 Å². The number of thiazole rings is 1. The van der Waals surface area contributed by atoms with E-state index in [1.807, 2.05) is 42.5 Å². The van der Waals surface area contributed by atoms with Gasteiger partial charge in [0, 0.05) is 26.2 Å². The number of benzene rings is 2. The first-order valence-corrected chi connectivity index (χ1v) is 11.8. The van der Waals surface area contributed by atoms with Gasteiger partial charge in [-0.25, -0.2) is 9.67 Å². The second kappa shape index (κ2) is 10.8. The minimum absolute atomic E-state index is 0. The Kier molecular flexibility index (Phi) is 7.77. The lowest BCUT2D eigenvalue weighted by Gasteiger charge is -2.27. The summed E-state index contributed by atoms with van der Waals surface area (Å²) in [5, 5.41) is 9.60. The monoisotopic (exact) mass is 506 g/mol. The Morgan fingerprint density at radius 1 is 1.15 bits per heavy atom. The summed E-state index contributed by atoms with van der Waals surface area (Å²) in [6.45, 7) is 4.95. The first kappa shape index (κ1) is 23.8. The number of aromatic nitrogens is 4. The quantitative estimate of drug-likeness (QED) is 0.378. The lowest BCUT2D eigenvalue weighted by atomic mass is 10.3. The van der Waals surface area contributed by atoms with Crippen LogP contribution < -0.4 is 4.90 Å². The fraction of sp³-hybridized carbons (Fsp3) is 0.364. The molecule has 11 heteroatoms. The molecule has 5 rings (SSSR count). The third kappa shape index (κ3) is 5.28. The number of amides is 1. The topological polar surface area (TPSA) is 76.4 Å². The molecule has 0 N–H and O–H groups in total. The Hall–Kier alpha value is -2.30. The number of para-hydroxylation sites is 2. The lowest BCUT2D eigenvalue weighted by molar-refractivity contribution is -0.119. The average molecular weight is 507 g/mol. The highest BCUT2D eigenvalue weighted by atomic mass is 35.5. The maximum Gasteiger partial charge on any atom is 0.250 e. The molecule has 0 aliphatic carbocycles. The number of rotatable bonds is 7. The Balaban J connectivity index is 0.00000259. The zero-order valence-electron chi connectivity index (χ0n) is 17.9. The molecule has 0 unspecified atom stereocenters. The summed E-state index contributed by atoms with van der Waals surface area (Å²) in [7, 11) is 0. The van der Waals surface area contributed by atoms with Gasteiger partial charge in [0.05, 0.1) is 28.5 Å². The van der Waals surface area contributed by atoms with Crippen LogP contribution in [0, 0.1) is 0 Å². The third-order valence-corrected chi connectivity index (χ3v) is 6.90. The van der Waals surface area contributed by atoms with E-state index in [4.69, 9.17) is 21.3 Å². The molecule has 3 heterocycles. The number of halogens is 2. The third-order valence-electron chi connectivity index (χ3n) is 5.56. The van der Waals surface area contributed by atoms with Crippen LogP contribution in [0.4, 0.5) is 5.13 Å². The molecule has 1 aliphatic heterocycles. The molecule has 0 bridgehead atoms. The summed E-state index contributed by atoms with van der Waals surface area (Å²) in [6.07, 6.45) is 0.841. The van der Waals surface area contributed by atoms with Crippen LogP contribution in [0.3, 0.4) is 0 Å². The van der Waals surface area contributed by atoms with Gasteiger partial charge < -0.3 is 4.74 Å². The Bertz CT molecular complexity index is 1240. The summed E-state index contributed by atoms with van der Waals surface area (Å²) in [5.41, 5.74) is 2.33. The van der Waals surface area contributed by atoms with Crippen LogP contribution in [0.2, 0.25) is 5.02 Å². The second-order valence-corrected chi connectivity index (χ2v) is 9.09. The van der Waals surface area contributed by atoms with Crippen molar-refractivity contribution in [3.63, 3.8) is 0 Å². The van der Waals surface area contributed by atoms with Gasteiger partial charge in [-0.05, 0) is 30.7 Å². The molecule has 8 nitrogen and oxygen atoms in total. The van der Waals surface area contributed by atoms with Crippen molar-refractivity contribution in [2.24, 2.45) is 0 Å². The van der Waals surface area contributed by atoms with E-state index < -0.39 is 0 Å². The lowest BCUT2D eigenvalue weighted by Crippen LogP contribution is -2.40. The predicted molar refractivity (Wildman–Crippen MR) is 134 cm³/mol. The van der Waals surface area contributed by atoms with Crippen LogP contribution in [0.5, 0.6) is 0 Å². The van der Waals surface area contributed by atoms with E-state index in [-0.39, 0.29) is 24.9 Å². The Morgan fingerprint density at radius 3 is 2.79 bits per heavy atom. The highest BCUT2D eigenvalue weighted by molar-refractivity contribution is 7.22. The van der Waals surface area contributed by atoms with Crippen LogP contribution >= 0.6 is 35.3 Å². The zero-order valence-corrected chi connectivity index (χ0v) is 20.3. The molecular formula is C22H24Cl2N6O2S. The molecule has 1 saturated heterocycles. The molecule has 4 aromatic rings. The largest absolute Gasteiger partial charge is 0.379 e. The molecule has 0 atom stereocenters. The van der Waals surface area contributed by atoms with E-state index in [1.54, 1.807) is 9.58 Å². The molecule has 2 aromatic carbocycles. The summed E-state index contributed by atoms with van der Waals surface area (Å²) >= 11 is 7.82. The van der Waals surface area contributed by atoms with E-state index in [2.05, 4.69) is 15.2 Å². The fourth-order valence-electron chi connectivity index (χ4n) is 3.87. The smallest absolute Gasteiger partial charge is 0.250 e. The minimum Gasteiger partial charge on any atom is -0.379 e. The van der Waals surface area contributed by atoms with E-state index in [1.165, 1.54) is 11.3 Å². The summed E-state index contributed by atoms with van der Waals surface area (Å²) in [5.74, 6) is -0.0715. The number of carbonyl (C=O) groups excluding carboxylic acids is 1. The Labute approximate surface area is 206 Å². The van der Waals surface area contributed by atoms with Crippen molar-refractivity contribution >= 4 is 67.6 Å². The minimum atomic E-state index is -0.0715. The molecule has 33 heavy (non-hydrogen) atoms. The highest BCUT2D eigenvalue weighted by Crippen LogP contribution is 2.33. The number of anilines is 1. The van der Waals surface area contributed by atoms with Crippen molar-refractivity contribution in [2.45, 2.75) is 13.0 Å². The van der Waals surface area contributed by atoms with Gasteiger partial charge in [0.15, 0.2) is 5.13 Å². The first-order valence-electron chi connectivity index (χ1n) is 10.6. The van der Waals surface area contributed by atoms with Gasteiger partial charge in [-0.2, -0.15) is 0 Å². The number of fused-ring (bicyclic) bond motifs is 2. The summed E-state index contributed by atoms with van der Waals surface area (Å²) in [4.78, 5) is 22.3. The van der Waals surface area contributed by atoms with Gasteiger partial charge in [0.25, 0.3) is 5.91 Å². The number of carbonyl (C=O) groups is 1. The number of ether oxygens (including phenoxy) is 1. The first-order chi connectivity index (χ1) is 15.7. The van der Waals surface area contributed by atoms with Crippen LogP contribution in [0.15, 0.2) is 42.5 Å². The molecule has 2 aromatic heterocycles. The number of morpholine rings is 1. The van der Waals surface area contributed by atoms with Gasteiger partial charge in [-0.3, -0.25) is 14.6 Å². The number of hydrogen-bond donors (Lipinski definition) is 0. The molecule has 0 saturated carbocycles. The van der Waals surface area contributed by atoms with Gasteiger partial charge in [-0.15, -0.1) is 17.5 Å². The SMILES string of the molecule is Cl.O=C(Cn1nnc2ccccc21)N(CCCN1CCOCC1)c1nc2c(Cl)cccc2s1. The molecular weight excluding hydrogens is 483 g/mol. The molecule has 1 aliphatic rings. The van der Waals surface area contributed by atoms with E-state index in [9.17, 15) is 4.79 Å². The van der Waals surface area contributed by atoms with Crippen molar-refractivity contribution in [1.29, 1.82) is 0 Å². The van der Waals surface area contributed by atoms with Gasteiger partial charge in [0.2, 0.25) is 0 Å². The fourth-order valence-corrected chi connectivity index (χ4v) is 5.18. The van der Waals surface area contributed by atoms with Gasteiger partial charge in [0.1, 0.15) is 17.6 Å². The van der Waals surface area contributed by atoms with Crippen molar-refractivity contribution in [3.8, 4) is 0 Å². The van der Waals surface area contributed by atoms with E-state index >= 15 is 0 Å². The molecule has 174 valence electrons. The molecule has 0 spiro atoms. The van der Waals surface area contributed by atoms with E-state index in [0.717, 1.165) is 60.5 Å². The second-order valence-electron chi connectivity index (χ2n) is 7.67. The van der Waals surface area contributed by atoms with Crippen LogP contribution in [0.25, 0.3) is 21.3 Å². The van der Waals surface area contributed by atoms with Crippen LogP contribution in [0.1, 0.15) is 6.42 Å². The van der Waals surface area contributed by atoms with Crippen molar-refractivity contribution in [3.05, 3.63) is 47.5 Å². The molecule has 1 amide bonds. The zero-order chi connectivity index (χ0) is 21.9. The van der Waals surface area contributed by atoms with Crippen LogP contribution in [-0.4, -0.2) is 70.2 Å². The van der Waals surface area contributed by atoms with Crippen molar-refractivity contribution in [1.82, 2.24) is 24.9 Å².